The summed E-state index contributed by atoms with van der Waals surface area (Å²) in [7, 11) is -3.87. The van der Waals surface area contributed by atoms with Gasteiger partial charge in [-0.05, 0) is 43.5 Å². The van der Waals surface area contributed by atoms with Crippen molar-refractivity contribution >= 4 is 33.2 Å². The Balaban J connectivity index is 2.33. The van der Waals surface area contributed by atoms with Crippen LogP contribution in [-0.4, -0.2) is 19.6 Å². The first-order valence-corrected chi connectivity index (χ1v) is 8.96. The molecule has 1 N–H and O–H groups in total. The molecule has 0 aromatic heterocycles. The number of anilines is 1. The molecule has 0 aliphatic heterocycles. The quantitative estimate of drug-likeness (QED) is 0.512. The monoisotopic (exact) mass is 338 g/mol. The Kier molecular flexibility index (Phi) is 4.72. The predicted octanol–water partition coefficient (Wildman–Crippen LogP) is 3.43. The molecule has 2 aromatic carbocycles. The van der Waals surface area contributed by atoms with Gasteiger partial charge < -0.3 is 0 Å². The summed E-state index contributed by atoms with van der Waals surface area (Å²) < 4.78 is 27.0. The van der Waals surface area contributed by atoms with E-state index in [4.69, 9.17) is 0 Å². The number of hydrogen-bond acceptors (Lipinski definition) is 5. The number of rotatable bonds is 5. The minimum absolute atomic E-state index is 0.140. The fourth-order valence-electron chi connectivity index (χ4n) is 1.83. The molecular formula is C14H14N2O4S2. The highest BCUT2D eigenvalue weighted by Crippen LogP contribution is 2.24. The summed E-state index contributed by atoms with van der Waals surface area (Å²) in [5, 5.41) is 10.9. The predicted molar refractivity (Wildman–Crippen MR) is 86.9 cm³/mol. The first-order valence-electron chi connectivity index (χ1n) is 6.25. The smallest absolute Gasteiger partial charge is 0.273 e. The van der Waals surface area contributed by atoms with Crippen molar-refractivity contribution in [1.82, 2.24) is 0 Å². The van der Waals surface area contributed by atoms with Crippen LogP contribution in [0.5, 0.6) is 0 Å². The lowest BCUT2D eigenvalue weighted by molar-refractivity contribution is -0.385. The highest BCUT2D eigenvalue weighted by atomic mass is 32.2. The molecule has 0 saturated carbocycles. The number of thioether (sulfide) groups is 1. The maximum atomic E-state index is 12.3. The number of nitro groups is 1. The van der Waals surface area contributed by atoms with Crippen molar-refractivity contribution in [1.29, 1.82) is 0 Å². The van der Waals surface area contributed by atoms with Crippen LogP contribution in [0.3, 0.4) is 0 Å². The Morgan fingerprint density at radius 2 is 1.77 bits per heavy atom. The highest BCUT2D eigenvalue weighted by molar-refractivity contribution is 7.98. The van der Waals surface area contributed by atoms with Crippen LogP contribution >= 0.6 is 11.8 Å². The summed E-state index contributed by atoms with van der Waals surface area (Å²) >= 11 is 1.55. The van der Waals surface area contributed by atoms with Gasteiger partial charge in [0, 0.05) is 22.2 Å². The second kappa shape index (κ2) is 6.37. The van der Waals surface area contributed by atoms with Crippen LogP contribution in [0.25, 0.3) is 0 Å². The van der Waals surface area contributed by atoms with E-state index in [0.29, 0.717) is 11.3 Å². The van der Waals surface area contributed by atoms with Crippen LogP contribution in [0.1, 0.15) is 5.56 Å². The zero-order valence-electron chi connectivity index (χ0n) is 11.9. The molecule has 0 unspecified atom stereocenters. The number of nitrogens with one attached hydrogen (secondary N) is 1. The van der Waals surface area contributed by atoms with Gasteiger partial charge in [0.05, 0.1) is 9.82 Å². The maximum absolute atomic E-state index is 12.3. The van der Waals surface area contributed by atoms with Gasteiger partial charge in [0.1, 0.15) is 0 Å². The largest absolute Gasteiger partial charge is 0.280 e. The van der Waals surface area contributed by atoms with E-state index in [2.05, 4.69) is 4.72 Å². The molecule has 0 aliphatic rings. The zero-order chi connectivity index (χ0) is 16.3. The van der Waals surface area contributed by atoms with Crippen LogP contribution in [0.2, 0.25) is 0 Å². The molecule has 0 bridgehead atoms. The molecule has 0 atom stereocenters. The van der Waals surface area contributed by atoms with Crippen LogP contribution in [0, 0.1) is 17.0 Å². The number of hydrogen-bond donors (Lipinski definition) is 1. The van der Waals surface area contributed by atoms with Gasteiger partial charge in [0.15, 0.2) is 0 Å². The van der Waals surface area contributed by atoms with E-state index in [9.17, 15) is 18.5 Å². The molecule has 0 amide bonds. The minimum atomic E-state index is -3.87. The van der Waals surface area contributed by atoms with Crippen LogP contribution in [-0.2, 0) is 10.0 Å². The lowest BCUT2D eigenvalue weighted by Crippen LogP contribution is -2.13. The van der Waals surface area contributed by atoms with Gasteiger partial charge in [0.2, 0.25) is 0 Å². The molecule has 22 heavy (non-hydrogen) atoms. The Hall–Kier alpha value is -2.06. The van der Waals surface area contributed by atoms with Crippen molar-refractivity contribution < 1.29 is 13.3 Å². The van der Waals surface area contributed by atoms with Gasteiger partial charge >= 0.3 is 0 Å². The first-order chi connectivity index (χ1) is 10.3. The average Bonchev–Trinajstić information content (AvgIpc) is 2.47. The van der Waals surface area contributed by atoms with E-state index in [1.807, 2.05) is 6.26 Å². The van der Waals surface area contributed by atoms with E-state index in [1.54, 1.807) is 43.0 Å². The third kappa shape index (κ3) is 3.58. The van der Waals surface area contributed by atoms with E-state index >= 15 is 0 Å². The molecule has 2 rings (SSSR count). The lowest BCUT2D eigenvalue weighted by atomic mass is 10.2. The Bertz CT molecular complexity index is 802. The molecule has 0 aliphatic carbocycles. The Labute approximate surface area is 132 Å². The molecule has 0 fully saturated rings. The van der Waals surface area contributed by atoms with E-state index in [0.717, 1.165) is 11.0 Å². The summed E-state index contributed by atoms with van der Waals surface area (Å²) in [5.74, 6) is 0. The maximum Gasteiger partial charge on any atom is 0.273 e. The van der Waals surface area contributed by atoms with Gasteiger partial charge in [-0.2, -0.15) is 0 Å². The van der Waals surface area contributed by atoms with Gasteiger partial charge in [-0.25, -0.2) is 8.42 Å². The van der Waals surface area contributed by atoms with Gasteiger partial charge in [-0.15, -0.1) is 11.8 Å². The molecule has 0 heterocycles. The standard InChI is InChI=1S/C14H14N2O4S2/c1-10-3-8-13(9-14(10)16(17)18)22(19,20)15-11-4-6-12(21-2)7-5-11/h3-9,15H,1-2H3. The number of benzene rings is 2. The van der Waals surface area contributed by atoms with E-state index in [1.165, 1.54) is 12.1 Å². The summed E-state index contributed by atoms with van der Waals surface area (Å²) in [6.07, 6.45) is 1.92. The molecule has 6 nitrogen and oxygen atoms in total. The summed E-state index contributed by atoms with van der Waals surface area (Å²) in [4.78, 5) is 11.2. The number of aryl methyl sites for hydroxylation is 1. The van der Waals surface area contributed by atoms with Gasteiger partial charge in [-0.1, -0.05) is 6.07 Å². The van der Waals surface area contributed by atoms with Crippen molar-refractivity contribution in [2.45, 2.75) is 16.7 Å². The Morgan fingerprint density at radius 1 is 1.14 bits per heavy atom. The lowest BCUT2D eigenvalue weighted by Gasteiger charge is -2.09. The molecule has 116 valence electrons. The highest BCUT2D eigenvalue weighted by Gasteiger charge is 2.19. The number of nitrogens with zero attached hydrogens (tertiary/aromatic N) is 1. The van der Waals surface area contributed by atoms with Crippen molar-refractivity contribution in [3.63, 3.8) is 0 Å². The van der Waals surface area contributed by atoms with Gasteiger partial charge in [-0.3, -0.25) is 14.8 Å². The van der Waals surface area contributed by atoms with Crippen molar-refractivity contribution in [3.05, 3.63) is 58.1 Å². The SMILES string of the molecule is CSc1ccc(NS(=O)(=O)c2ccc(C)c([N+](=O)[O-])c2)cc1. The third-order valence-electron chi connectivity index (χ3n) is 3.03. The third-order valence-corrected chi connectivity index (χ3v) is 5.15. The van der Waals surface area contributed by atoms with Crippen molar-refractivity contribution in [2.24, 2.45) is 0 Å². The van der Waals surface area contributed by atoms with Crippen molar-refractivity contribution in [2.75, 3.05) is 11.0 Å². The topological polar surface area (TPSA) is 89.3 Å². The fraction of sp³-hybridized carbons (Fsp3) is 0.143. The zero-order valence-corrected chi connectivity index (χ0v) is 13.6. The minimum Gasteiger partial charge on any atom is -0.280 e. The fourth-order valence-corrected chi connectivity index (χ4v) is 3.31. The molecular weight excluding hydrogens is 324 g/mol. The van der Waals surface area contributed by atoms with Gasteiger partial charge in [0.25, 0.3) is 15.7 Å². The number of sulfonamides is 1. The molecule has 0 spiro atoms. The summed E-state index contributed by atoms with van der Waals surface area (Å²) in [6, 6.07) is 10.7. The van der Waals surface area contributed by atoms with Crippen molar-refractivity contribution in [3.8, 4) is 0 Å². The Morgan fingerprint density at radius 3 is 2.32 bits per heavy atom. The first kappa shape index (κ1) is 16.3. The molecule has 2 aromatic rings. The average molecular weight is 338 g/mol. The number of nitro benzene ring substituents is 1. The molecule has 8 heteroatoms. The van der Waals surface area contributed by atoms with Crippen LogP contribution in [0.4, 0.5) is 11.4 Å². The summed E-state index contributed by atoms with van der Waals surface area (Å²) in [6.45, 7) is 1.56. The van der Waals surface area contributed by atoms with Crippen LogP contribution < -0.4 is 4.72 Å². The van der Waals surface area contributed by atoms with E-state index < -0.39 is 14.9 Å². The second-order valence-electron chi connectivity index (χ2n) is 4.54. The summed E-state index contributed by atoms with van der Waals surface area (Å²) in [5.41, 5.74) is 0.593. The normalized spacial score (nSPS) is 11.2. The van der Waals surface area contributed by atoms with E-state index in [-0.39, 0.29) is 10.6 Å². The molecule has 0 radical (unpaired) electrons. The van der Waals surface area contributed by atoms with Crippen LogP contribution in [0.15, 0.2) is 52.3 Å². The molecule has 0 saturated heterocycles. The second-order valence-corrected chi connectivity index (χ2v) is 7.10.